The predicted octanol–water partition coefficient (Wildman–Crippen LogP) is 2.07. The van der Waals surface area contributed by atoms with Crippen LogP contribution in [0.1, 0.15) is 31.7 Å². The zero-order valence-electron chi connectivity index (χ0n) is 11.3. The van der Waals surface area contributed by atoms with Gasteiger partial charge in [0.25, 0.3) is 5.69 Å². The van der Waals surface area contributed by atoms with Gasteiger partial charge in [0.1, 0.15) is 0 Å². The van der Waals surface area contributed by atoms with Gasteiger partial charge in [0.05, 0.1) is 10.5 Å². The normalized spacial score (nSPS) is 15.2. The third-order valence-corrected chi connectivity index (χ3v) is 3.34. The van der Waals surface area contributed by atoms with Crippen molar-refractivity contribution in [2.75, 3.05) is 11.4 Å². The lowest BCUT2D eigenvalue weighted by Crippen LogP contribution is -2.29. The van der Waals surface area contributed by atoms with E-state index in [0.717, 1.165) is 31.5 Å². The van der Waals surface area contributed by atoms with Crippen LogP contribution < -0.4 is 10.6 Å². The molecule has 7 heteroatoms. The average molecular weight is 278 g/mol. The third kappa shape index (κ3) is 2.81. The van der Waals surface area contributed by atoms with Crippen LogP contribution in [0.4, 0.5) is 11.4 Å². The number of nitro groups is 1. The van der Waals surface area contributed by atoms with Crippen LogP contribution in [-0.4, -0.2) is 28.6 Å². The van der Waals surface area contributed by atoms with Crippen molar-refractivity contribution in [3.8, 4) is 0 Å². The molecular formula is C13H18N4O3. The van der Waals surface area contributed by atoms with E-state index in [1.807, 2.05) is 0 Å². The fourth-order valence-electron chi connectivity index (χ4n) is 2.27. The van der Waals surface area contributed by atoms with E-state index in [1.165, 1.54) is 12.1 Å². The van der Waals surface area contributed by atoms with Crippen LogP contribution in [-0.2, 0) is 0 Å². The van der Waals surface area contributed by atoms with Crippen molar-refractivity contribution in [1.29, 1.82) is 0 Å². The first-order chi connectivity index (χ1) is 9.58. The molecule has 0 aliphatic heterocycles. The maximum atomic E-state index is 10.9. The lowest BCUT2D eigenvalue weighted by Gasteiger charge is -2.26. The van der Waals surface area contributed by atoms with Crippen LogP contribution in [0.3, 0.4) is 0 Å². The number of nitrogens with zero attached hydrogens (tertiary/aromatic N) is 3. The number of oxime groups is 1. The molecule has 0 amide bonds. The third-order valence-electron chi connectivity index (χ3n) is 3.34. The van der Waals surface area contributed by atoms with Crippen molar-refractivity contribution >= 4 is 17.2 Å². The Morgan fingerprint density at radius 3 is 2.80 bits per heavy atom. The van der Waals surface area contributed by atoms with Crippen molar-refractivity contribution in [2.24, 2.45) is 10.9 Å². The Hall–Kier alpha value is -2.31. The van der Waals surface area contributed by atoms with E-state index in [1.54, 1.807) is 6.07 Å². The lowest BCUT2D eigenvalue weighted by atomic mass is 10.1. The summed E-state index contributed by atoms with van der Waals surface area (Å²) in [5.41, 5.74) is 6.79. The second-order valence-corrected chi connectivity index (χ2v) is 4.87. The highest BCUT2D eigenvalue weighted by Crippen LogP contribution is 2.35. The molecule has 0 aromatic heterocycles. The van der Waals surface area contributed by atoms with Crippen molar-refractivity contribution in [2.45, 2.75) is 32.2 Å². The summed E-state index contributed by atoms with van der Waals surface area (Å²) in [4.78, 5) is 12.6. The molecule has 108 valence electrons. The van der Waals surface area contributed by atoms with Gasteiger partial charge in [0.2, 0.25) is 0 Å². The molecule has 0 saturated heterocycles. The Balaban J connectivity index is 2.47. The topological polar surface area (TPSA) is 105 Å². The summed E-state index contributed by atoms with van der Waals surface area (Å²) in [6.07, 6.45) is 3.17. The summed E-state index contributed by atoms with van der Waals surface area (Å²) in [6, 6.07) is 4.94. The van der Waals surface area contributed by atoms with Gasteiger partial charge in [0, 0.05) is 30.4 Å². The predicted molar refractivity (Wildman–Crippen MR) is 76.3 cm³/mol. The van der Waals surface area contributed by atoms with Crippen LogP contribution in [0.5, 0.6) is 0 Å². The Morgan fingerprint density at radius 2 is 2.30 bits per heavy atom. The first kappa shape index (κ1) is 14.1. The zero-order valence-corrected chi connectivity index (χ0v) is 11.3. The van der Waals surface area contributed by atoms with E-state index in [-0.39, 0.29) is 11.5 Å². The number of benzene rings is 1. The van der Waals surface area contributed by atoms with Crippen LogP contribution in [0.2, 0.25) is 0 Å². The van der Waals surface area contributed by atoms with Crippen LogP contribution in [0.15, 0.2) is 23.4 Å². The van der Waals surface area contributed by atoms with Crippen molar-refractivity contribution in [1.82, 2.24) is 0 Å². The summed E-state index contributed by atoms with van der Waals surface area (Å²) in [5.74, 6) is -0.106. The minimum atomic E-state index is -0.487. The van der Waals surface area contributed by atoms with E-state index in [0.29, 0.717) is 11.6 Å². The molecule has 7 nitrogen and oxygen atoms in total. The number of anilines is 1. The molecule has 1 fully saturated rings. The second-order valence-electron chi connectivity index (χ2n) is 4.87. The molecule has 1 aromatic carbocycles. The average Bonchev–Trinajstić information content (AvgIpc) is 3.27. The monoisotopic (exact) mass is 278 g/mol. The van der Waals surface area contributed by atoms with E-state index < -0.39 is 4.92 Å². The summed E-state index contributed by atoms with van der Waals surface area (Å²) < 4.78 is 0. The van der Waals surface area contributed by atoms with Crippen molar-refractivity contribution < 1.29 is 10.1 Å². The van der Waals surface area contributed by atoms with Gasteiger partial charge in [-0.3, -0.25) is 10.1 Å². The fraction of sp³-hybridized carbons (Fsp3) is 0.462. The lowest BCUT2D eigenvalue weighted by molar-refractivity contribution is -0.384. The molecule has 0 bridgehead atoms. The highest BCUT2D eigenvalue weighted by Gasteiger charge is 2.31. The Morgan fingerprint density at radius 1 is 1.60 bits per heavy atom. The Bertz CT molecular complexity index is 540. The number of nitro benzene ring substituents is 1. The van der Waals surface area contributed by atoms with Crippen LogP contribution in [0, 0.1) is 10.1 Å². The van der Waals surface area contributed by atoms with Crippen molar-refractivity contribution in [3.63, 3.8) is 0 Å². The smallest absolute Gasteiger partial charge is 0.270 e. The number of non-ortho nitro benzene ring substituents is 1. The molecule has 0 spiro atoms. The molecular weight excluding hydrogens is 260 g/mol. The van der Waals surface area contributed by atoms with Gasteiger partial charge in [-0.15, -0.1) is 0 Å². The van der Waals surface area contributed by atoms with E-state index >= 15 is 0 Å². The molecule has 20 heavy (non-hydrogen) atoms. The first-order valence-electron chi connectivity index (χ1n) is 6.61. The summed E-state index contributed by atoms with van der Waals surface area (Å²) in [7, 11) is 0. The Labute approximate surface area is 116 Å². The minimum absolute atomic E-state index is 0.0670. The quantitative estimate of drug-likeness (QED) is 0.272. The molecule has 1 aromatic rings. The second kappa shape index (κ2) is 5.77. The van der Waals surface area contributed by atoms with Gasteiger partial charge >= 0.3 is 0 Å². The van der Waals surface area contributed by atoms with Crippen molar-refractivity contribution in [3.05, 3.63) is 33.9 Å². The molecule has 0 atom stereocenters. The zero-order chi connectivity index (χ0) is 14.7. The molecule has 0 radical (unpaired) electrons. The number of amidine groups is 1. The number of hydrogen-bond acceptors (Lipinski definition) is 5. The maximum absolute atomic E-state index is 10.9. The fourth-order valence-corrected chi connectivity index (χ4v) is 2.27. The minimum Gasteiger partial charge on any atom is -0.409 e. The molecule has 1 aliphatic carbocycles. The number of hydrogen-bond donors (Lipinski definition) is 2. The van der Waals surface area contributed by atoms with E-state index in [4.69, 9.17) is 10.9 Å². The molecule has 0 heterocycles. The summed E-state index contributed by atoms with van der Waals surface area (Å²) >= 11 is 0. The van der Waals surface area contributed by atoms with Gasteiger partial charge < -0.3 is 15.8 Å². The van der Waals surface area contributed by atoms with Gasteiger partial charge in [-0.25, -0.2) is 0 Å². The van der Waals surface area contributed by atoms with Gasteiger partial charge in [-0.05, 0) is 25.3 Å². The number of rotatable bonds is 6. The molecule has 3 N–H and O–H groups in total. The van der Waals surface area contributed by atoms with E-state index in [2.05, 4.69) is 17.0 Å². The summed E-state index contributed by atoms with van der Waals surface area (Å²) in [5, 5.41) is 22.7. The van der Waals surface area contributed by atoms with Gasteiger partial charge in [0.15, 0.2) is 5.84 Å². The van der Waals surface area contributed by atoms with E-state index in [9.17, 15) is 10.1 Å². The van der Waals surface area contributed by atoms with Crippen LogP contribution in [0.25, 0.3) is 0 Å². The maximum Gasteiger partial charge on any atom is 0.270 e. The van der Waals surface area contributed by atoms with Crippen LogP contribution >= 0.6 is 0 Å². The molecule has 1 saturated carbocycles. The molecule has 0 unspecified atom stereocenters. The summed E-state index contributed by atoms with van der Waals surface area (Å²) in [6.45, 7) is 2.91. The molecule has 2 rings (SSSR count). The van der Waals surface area contributed by atoms with Gasteiger partial charge in [-0.1, -0.05) is 12.1 Å². The molecule has 1 aliphatic rings. The Kier molecular flexibility index (Phi) is 4.07. The first-order valence-corrected chi connectivity index (χ1v) is 6.61. The highest BCUT2D eigenvalue weighted by molar-refractivity contribution is 6.03. The SMILES string of the molecule is CCCN(c1ccc([N+](=O)[O-])cc1C(N)=NO)C1CC1. The standard InChI is InChI=1S/C13H18N4O3/c1-2-7-16(9-3-4-9)12-6-5-10(17(19)20)8-11(12)13(14)15-18/h5-6,8-9,18H,2-4,7H2,1H3,(H2,14,15). The highest BCUT2D eigenvalue weighted by atomic mass is 16.6. The largest absolute Gasteiger partial charge is 0.409 e. The van der Waals surface area contributed by atoms with Gasteiger partial charge in [-0.2, -0.15) is 0 Å². The number of nitrogens with two attached hydrogens (primary N) is 1.